The van der Waals surface area contributed by atoms with Gasteiger partial charge in [-0.25, -0.2) is 9.59 Å². The Morgan fingerprint density at radius 1 is 1.25 bits per heavy atom. The van der Waals surface area contributed by atoms with Gasteiger partial charge in [0.25, 0.3) is 0 Å². The summed E-state index contributed by atoms with van der Waals surface area (Å²) in [5.74, 6) is -3.65. The second-order valence-corrected chi connectivity index (χ2v) is 4.06. The molecule has 0 aliphatic heterocycles. The van der Waals surface area contributed by atoms with Crippen molar-refractivity contribution in [2.45, 2.75) is 25.8 Å². The number of carboxylic acid groups (broad SMARTS) is 2. The Kier molecular flexibility index (Phi) is 9.27. The highest BCUT2D eigenvalue weighted by Crippen LogP contribution is 2.02. The van der Waals surface area contributed by atoms with Gasteiger partial charge < -0.3 is 15.5 Å². The Bertz CT molecular complexity index is 442. The molecular formula is C14H18N2O4. The van der Waals surface area contributed by atoms with Gasteiger partial charge in [-0.05, 0) is 18.9 Å². The summed E-state index contributed by atoms with van der Waals surface area (Å²) < 4.78 is 0. The van der Waals surface area contributed by atoms with Crippen molar-refractivity contribution in [1.29, 1.82) is 5.26 Å². The van der Waals surface area contributed by atoms with Crippen LogP contribution in [0.15, 0.2) is 30.3 Å². The first-order chi connectivity index (χ1) is 9.47. The normalized spacial score (nSPS) is 10.6. The molecule has 0 spiro atoms. The molecule has 3 N–H and O–H groups in total. The molecule has 0 bridgehead atoms. The van der Waals surface area contributed by atoms with Crippen LogP contribution in [0.1, 0.15) is 18.9 Å². The molecule has 0 saturated heterocycles. The van der Waals surface area contributed by atoms with Gasteiger partial charge in [-0.3, -0.25) is 0 Å². The zero-order chi connectivity index (χ0) is 15.4. The van der Waals surface area contributed by atoms with Crippen molar-refractivity contribution in [3.05, 3.63) is 35.9 Å². The van der Waals surface area contributed by atoms with Gasteiger partial charge >= 0.3 is 11.9 Å². The number of rotatable bonds is 5. The van der Waals surface area contributed by atoms with Crippen LogP contribution in [0.5, 0.6) is 0 Å². The van der Waals surface area contributed by atoms with E-state index in [0.29, 0.717) is 12.5 Å². The van der Waals surface area contributed by atoms with Crippen LogP contribution in [-0.4, -0.2) is 34.7 Å². The average molecular weight is 278 g/mol. The third-order valence-corrected chi connectivity index (χ3v) is 2.30. The SMILES string of the molecule is CC(Cc1ccccc1)NCCC#N.O=C(O)C(=O)O. The standard InChI is InChI=1S/C12H16N2.C2H2O4/c1-11(14-9-5-8-13)10-12-6-3-2-4-7-12;3-1(4)2(5)6/h2-4,6-7,11,14H,5,9-10H2,1H3;(H,3,4)(H,5,6). The maximum absolute atomic E-state index is 9.10. The van der Waals surface area contributed by atoms with Crippen LogP contribution in [0.2, 0.25) is 0 Å². The fraction of sp³-hybridized carbons (Fsp3) is 0.357. The Balaban J connectivity index is 0.000000511. The molecular weight excluding hydrogens is 260 g/mol. The van der Waals surface area contributed by atoms with Crippen LogP contribution in [0.25, 0.3) is 0 Å². The summed E-state index contributed by atoms with van der Waals surface area (Å²) in [6.45, 7) is 2.93. The summed E-state index contributed by atoms with van der Waals surface area (Å²) in [6.07, 6.45) is 1.60. The van der Waals surface area contributed by atoms with E-state index in [1.807, 2.05) is 6.07 Å². The molecule has 6 heteroatoms. The van der Waals surface area contributed by atoms with Crippen molar-refractivity contribution in [3.63, 3.8) is 0 Å². The van der Waals surface area contributed by atoms with Crippen LogP contribution in [0, 0.1) is 11.3 Å². The molecule has 1 atom stereocenters. The number of nitriles is 1. The predicted molar refractivity (Wildman–Crippen MR) is 73.1 cm³/mol. The number of nitrogens with zero attached hydrogens (tertiary/aromatic N) is 1. The predicted octanol–water partition coefficient (Wildman–Crippen LogP) is 1.28. The molecule has 1 rings (SSSR count). The van der Waals surface area contributed by atoms with Gasteiger partial charge in [0.2, 0.25) is 0 Å². The number of nitrogens with one attached hydrogen (secondary N) is 1. The number of hydrogen-bond donors (Lipinski definition) is 3. The van der Waals surface area contributed by atoms with Crippen LogP contribution in [0.4, 0.5) is 0 Å². The molecule has 0 radical (unpaired) electrons. The van der Waals surface area contributed by atoms with Crippen LogP contribution in [0.3, 0.4) is 0 Å². The van der Waals surface area contributed by atoms with E-state index in [1.54, 1.807) is 0 Å². The van der Waals surface area contributed by atoms with Gasteiger partial charge in [-0.1, -0.05) is 30.3 Å². The van der Waals surface area contributed by atoms with E-state index in [-0.39, 0.29) is 0 Å². The van der Waals surface area contributed by atoms with E-state index in [0.717, 1.165) is 13.0 Å². The average Bonchev–Trinajstić information content (AvgIpc) is 2.40. The maximum Gasteiger partial charge on any atom is 0.414 e. The van der Waals surface area contributed by atoms with Crippen LogP contribution >= 0.6 is 0 Å². The Morgan fingerprint density at radius 3 is 2.25 bits per heavy atom. The van der Waals surface area contributed by atoms with Gasteiger partial charge in [0.05, 0.1) is 6.07 Å². The third-order valence-electron chi connectivity index (χ3n) is 2.30. The zero-order valence-electron chi connectivity index (χ0n) is 11.2. The van der Waals surface area contributed by atoms with Crippen molar-refractivity contribution in [2.24, 2.45) is 0 Å². The number of carboxylic acids is 2. The van der Waals surface area contributed by atoms with Crippen molar-refractivity contribution < 1.29 is 19.8 Å². The first-order valence-electron chi connectivity index (χ1n) is 6.07. The Labute approximate surface area is 117 Å². The van der Waals surface area contributed by atoms with Crippen LogP contribution < -0.4 is 5.32 Å². The molecule has 0 aliphatic rings. The smallest absolute Gasteiger partial charge is 0.414 e. The summed E-state index contributed by atoms with van der Waals surface area (Å²) >= 11 is 0. The highest BCUT2D eigenvalue weighted by atomic mass is 16.4. The minimum Gasteiger partial charge on any atom is -0.473 e. The molecule has 0 fully saturated rings. The fourth-order valence-corrected chi connectivity index (χ4v) is 1.41. The largest absolute Gasteiger partial charge is 0.473 e. The lowest BCUT2D eigenvalue weighted by molar-refractivity contribution is -0.159. The topological polar surface area (TPSA) is 110 Å². The van der Waals surface area contributed by atoms with Gasteiger partial charge in [-0.15, -0.1) is 0 Å². The van der Waals surface area contributed by atoms with Gasteiger partial charge in [0.15, 0.2) is 0 Å². The summed E-state index contributed by atoms with van der Waals surface area (Å²) in [6, 6.07) is 12.9. The summed E-state index contributed by atoms with van der Waals surface area (Å²) in [4.78, 5) is 18.2. The number of hydrogen-bond acceptors (Lipinski definition) is 4. The molecule has 0 aromatic heterocycles. The molecule has 20 heavy (non-hydrogen) atoms. The van der Waals surface area contributed by atoms with E-state index in [9.17, 15) is 0 Å². The molecule has 6 nitrogen and oxygen atoms in total. The quantitative estimate of drug-likeness (QED) is 0.552. The highest BCUT2D eigenvalue weighted by Gasteiger charge is 2.04. The second kappa shape index (κ2) is 10.5. The van der Waals surface area contributed by atoms with Crippen molar-refractivity contribution in [1.82, 2.24) is 5.32 Å². The summed E-state index contributed by atoms with van der Waals surface area (Å²) in [7, 11) is 0. The molecule has 1 unspecified atom stereocenters. The fourth-order valence-electron chi connectivity index (χ4n) is 1.41. The molecule has 1 aromatic rings. The Morgan fingerprint density at radius 2 is 1.80 bits per heavy atom. The first-order valence-corrected chi connectivity index (χ1v) is 6.07. The van der Waals surface area contributed by atoms with E-state index in [2.05, 4.69) is 42.6 Å². The number of benzene rings is 1. The zero-order valence-corrected chi connectivity index (χ0v) is 11.2. The summed E-state index contributed by atoms with van der Waals surface area (Å²) in [5, 5.41) is 26.5. The van der Waals surface area contributed by atoms with E-state index < -0.39 is 11.9 Å². The van der Waals surface area contributed by atoms with Crippen molar-refractivity contribution in [3.8, 4) is 6.07 Å². The molecule has 0 aliphatic carbocycles. The summed E-state index contributed by atoms with van der Waals surface area (Å²) in [5.41, 5.74) is 1.34. The van der Waals surface area contributed by atoms with Gasteiger partial charge in [0, 0.05) is 19.0 Å². The number of aliphatic carboxylic acids is 2. The maximum atomic E-state index is 9.10. The monoisotopic (exact) mass is 278 g/mol. The minimum atomic E-state index is -1.82. The van der Waals surface area contributed by atoms with Crippen molar-refractivity contribution >= 4 is 11.9 Å². The third kappa shape index (κ3) is 9.62. The minimum absolute atomic E-state index is 0.436. The van der Waals surface area contributed by atoms with Gasteiger partial charge in [0.1, 0.15) is 0 Å². The lowest BCUT2D eigenvalue weighted by atomic mass is 10.1. The van der Waals surface area contributed by atoms with E-state index in [1.165, 1.54) is 5.56 Å². The van der Waals surface area contributed by atoms with Gasteiger partial charge in [-0.2, -0.15) is 5.26 Å². The van der Waals surface area contributed by atoms with E-state index in [4.69, 9.17) is 25.1 Å². The highest BCUT2D eigenvalue weighted by molar-refractivity contribution is 6.27. The second-order valence-electron chi connectivity index (χ2n) is 4.06. The Hall–Kier alpha value is -2.39. The molecule has 0 amide bonds. The number of carbonyl (C=O) groups is 2. The van der Waals surface area contributed by atoms with E-state index >= 15 is 0 Å². The molecule has 0 heterocycles. The molecule has 108 valence electrons. The lowest BCUT2D eigenvalue weighted by Gasteiger charge is -2.12. The first kappa shape index (κ1) is 17.6. The molecule has 1 aromatic carbocycles. The van der Waals surface area contributed by atoms with Crippen LogP contribution in [-0.2, 0) is 16.0 Å². The van der Waals surface area contributed by atoms with Crippen molar-refractivity contribution in [2.75, 3.05) is 6.54 Å². The molecule has 0 saturated carbocycles. The lowest BCUT2D eigenvalue weighted by Crippen LogP contribution is -2.28.